The minimum absolute atomic E-state index is 0.164. The Balaban J connectivity index is 2.59. The highest BCUT2D eigenvalue weighted by Gasteiger charge is 2.07. The Bertz CT molecular complexity index is 424. The molecule has 6 heteroatoms. The van der Waals surface area contributed by atoms with Crippen LogP contribution < -0.4 is 16.4 Å². The molecule has 0 aromatic heterocycles. The Morgan fingerprint density at radius 2 is 2.26 bits per heavy atom. The van der Waals surface area contributed by atoms with Crippen LogP contribution in [0.1, 0.15) is 16.8 Å². The lowest BCUT2D eigenvalue weighted by atomic mass is 10.1. The number of hydrogen-bond donors (Lipinski definition) is 4. The lowest BCUT2D eigenvalue weighted by Crippen LogP contribution is -2.20. The standard InChI is InChI=1S/C13H21N3O3/c1-15-13(18)9-3-4-11(14)12(7-9)16-6-5-10(17)8-19-2/h3-4,7,10,16-17H,5-6,8,14H2,1-2H3,(H,15,18). The zero-order valence-corrected chi connectivity index (χ0v) is 11.3. The molecule has 0 fully saturated rings. The molecule has 0 bridgehead atoms. The minimum Gasteiger partial charge on any atom is -0.397 e. The highest BCUT2D eigenvalue weighted by molar-refractivity contribution is 5.96. The third-order valence-electron chi connectivity index (χ3n) is 2.69. The zero-order chi connectivity index (χ0) is 14.3. The van der Waals surface area contributed by atoms with Crippen molar-refractivity contribution in [2.45, 2.75) is 12.5 Å². The van der Waals surface area contributed by atoms with Gasteiger partial charge >= 0.3 is 0 Å². The van der Waals surface area contributed by atoms with Crippen molar-refractivity contribution in [3.63, 3.8) is 0 Å². The second-order valence-electron chi connectivity index (χ2n) is 4.21. The molecule has 19 heavy (non-hydrogen) atoms. The SMILES string of the molecule is CNC(=O)c1ccc(N)c(NCCC(O)COC)c1. The van der Waals surface area contributed by atoms with E-state index in [1.54, 1.807) is 32.4 Å². The molecule has 0 heterocycles. The maximum Gasteiger partial charge on any atom is 0.251 e. The number of methoxy groups -OCH3 is 1. The van der Waals surface area contributed by atoms with Crippen molar-refractivity contribution in [3.8, 4) is 0 Å². The third kappa shape index (κ3) is 4.76. The van der Waals surface area contributed by atoms with Crippen molar-refractivity contribution >= 4 is 17.3 Å². The highest BCUT2D eigenvalue weighted by atomic mass is 16.5. The van der Waals surface area contributed by atoms with Crippen molar-refractivity contribution in [1.82, 2.24) is 5.32 Å². The summed E-state index contributed by atoms with van der Waals surface area (Å²) < 4.78 is 4.84. The number of carbonyl (C=O) groups is 1. The molecular weight excluding hydrogens is 246 g/mol. The molecule has 6 nitrogen and oxygen atoms in total. The number of hydrogen-bond acceptors (Lipinski definition) is 5. The molecule has 0 spiro atoms. The van der Waals surface area contributed by atoms with E-state index in [0.29, 0.717) is 36.5 Å². The number of ether oxygens (including phenoxy) is 1. The van der Waals surface area contributed by atoms with Gasteiger partial charge < -0.3 is 26.2 Å². The first-order valence-electron chi connectivity index (χ1n) is 6.11. The third-order valence-corrected chi connectivity index (χ3v) is 2.69. The summed E-state index contributed by atoms with van der Waals surface area (Å²) in [6, 6.07) is 5.04. The molecular formula is C13H21N3O3. The summed E-state index contributed by atoms with van der Waals surface area (Å²) in [5, 5.41) is 15.2. The predicted molar refractivity (Wildman–Crippen MR) is 75.2 cm³/mol. The number of carbonyl (C=O) groups excluding carboxylic acids is 1. The van der Waals surface area contributed by atoms with Crippen LogP contribution in [-0.4, -0.2) is 44.4 Å². The summed E-state index contributed by atoms with van der Waals surface area (Å²) in [6.07, 6.45) is 0.0261. The highest BCUT2D eigenvalue weighted by Crippen LogP contribution is 2.20. The lowest BCUT2D eigenvalue weighted by molar-refractivity contribution is 0.0615. The number of nitrogen functional groups attached to an aromatic ring is 1. The summed E-state index contributed by atoms with van der Waals surface area (Å²) in [4.78, 5) is 11.5. The van der Waals surface area contributed by atoms with Gasteiger partial charge in [-0.15, -0.1) is 0 Å². The fourth-order valence-electron chi connectivity index (χ4n) is 1.64. The van der Waals surface area contributed by atoms with Gasteiger partial charge in [0.15, 0.2) is 0 Å². The molecule has 1 unspecified atom stereocenters. The van der Waals surface area contributed by atoms with Crippen LogP contribution in [-0.2, 0) is 4.74 Å². The van der Waals surface area contributed by atoms with Crippen LogP contribution in [0.4, 0.5) is 11.4 Å². The molecule has 0 saturated carbocycles. The number of aliphatic hydroxyl groups is 1. The molecule has 1 rings (SSSR count). The molecule has 5 N–H and O–H groups in total. The second-order valence-corrected chi connectivity index (χ2v) is 4.21. The van der Waals surface area contributed by atoms with E-state index in [9.17, 15) is 9.90 Å². The van der Waals surface area contributed by atoms with Gasteiger partial charge in [-0.25, -0.2) is 0 Å². The normalized spacial score (nSPS) is 11.9. The number of rotatable bonds is 7. The van der Waals surface area contributed by atoms with E-state index in [1.807, 2.05) is 0 Å². The van der Waals surface area contributed by atoms with Crippen LogP contribution in [0.25, 0.3) is 0 Å². The van der Waals surface area contributed by atoms with E-state index in [1.165, 1.54) is 0 Å². The lowest BCUT2D eigenvalue weighted by Gasteiger charge is -2.13. The first kappa shape index (κ1) is 15.3. The molecule has 1 amide bonds. The zero-order valence-electron chi connectivity index (χ0n) is 11.3. The Labute approximate surface area is 112 Å². The van der Waals surface area contributed by atoms with Gasteiger partial charge in [-0.05, 0) is 24.6 Å². The number of benzene rings is 1. The number of aliphatic hydroxyl groups excluding tert-OH is 1. The fraction of sp³-hybridized carbons (Fsp3) is 0.462. The average molecular weight is 267 g/mol. The molecule has 0 radical (unpaired) electrons. The molecule has 1 aromatic carbocycles. The Kier molecular flexibility index (Phi) is 6.11. The quantitative estimate of drug-likeness (QED) is 0.537. The molecule has 0 aliphatic heterocycles. The summed E-state index contributed by atoms with van der Waals surface area (Å²) >= 11 is 0. The van der Waals surface area contributed by atoms with Crippen LogP contribution in [0.5, 0.6) is 0 Å². The summed E-state index contributed by atoms with van der Waals surface area (Å²) in [5.74, 6) is -0.164. The summed E-state index contributed by atoms with van der Waals surface area (Å²) in [5.41, 5.74) is 7.61. The number of amides is 1. The topological polar surface area (TPSA) is 96.6 Å². The smallest absolute Gasteiger partial charge is 0.251 e. The molecule has 106 valence electrons. The van der Waals surface area contributed by atoms with Gasteiger partial charge in [0.1, 0.15) is 0 Å². The van der Waals surface area contributed by atoms with Crippen molar-refractivity contribution < 1.29 is 14.6 Å². The molecule has 1 aromatic rings. The van der Waals surface area contributed by atoms with Crippen molar-refractivity contribution in [2.75, 3.05) is 38.4 Å². The predicted octanol–water partition coefficient (Wildman–Crippen LogP) is 0.438. The van der Waals surface area contributed by atoms with E-state index in [2.05, 4.69) is 10.6 Å². The molecule has 0 aliphatic rings. The van der Waals surface area contributed by atoms with Crippen molar-refractivity contribution in [3.05, 3.63) is 23.8 Å². The number of nitrogens with one attached hydrogen (secondary N) is 2. The Morgan fingerprint density at radius 1 is 1.53 bits per heavy atom. The second kappa shape index (κ2) is 7.60. The van der Waals surface area contributed by atoms with Gasteiger partial charge in [-0.2, -0.15) is 0 Å². The minimum atomic E-state index is -0.513. The van der Waals surface area contributed by atoms with Crippen LogP contribution in [0, 0.1) is 0 Å². The first-order chi connectivity index (χ1) is 9.08. The molecule has 0 aliphatic carbocycles. The molecule has 0 saturated heterocycles. The van der Waals surface area contributed by atoms with Gasteiger partial charge in [0.2, 0.25) is 0 Å². The van der Waals surface area contributed by atoms with Crippen LogP contribution in [0.3, 0.4) is 0 Å². The van der Waals surface area contributed by atoms with E-state index < -0.39 is 6.10 Å². The maximum atomic E-state index is 11.5. The number of anilines is 2. The largest absolute Gasteiger partial charge is 0.397 e. The fourth-order valence-corrected chi connectivity index (χ4v) is 1.64. The number of nitrogens with two attached hydrogens (primary N) is 1. The van der Waals surface area contributed by atoms with Crippen LogP contribution in [0.15, 0.2) is 18.2 Å². The molecule has 1 atom stereocenters. The Hall–Kier alpha value is -1.79. The van der Waals surface area contributed by atoms with Crippen LogP contribution in [0.2, 0.25) is 0 Å². The summed E-state index contributed by atoms with van der Waals surface area (Å²) in [7, 11) is 3.12. The van der Waals surface area contributed by atoms with Crippen molar-refractivity contribution in [2.24, 2.45) is 0 Å². The van der Waals surface area contributed by atoms with E-state index >= 15 is 0 Å². The van der Waals surface area contributed by atoms with Gasteiger partial charge in [-0.1, -0.05) is 0 Å². The van der Waals surface area contributed by atoms with Gasteiger partial charge in [-0.3, -0.25) is 4.79 Å². The van der Waals surface area contributed by atoms with Gasteiger partial charge in [0.05, 0.1) is 24.1 Å². The average Bonchev–Trinajstić information content (AvgIpc) is 2.40. The van der Waals surface area contributed by atoms with Gasteiger partial charge in [0.25, 0.3) is 5.91 Å². The van der Waals surface area contributed by atoms with E-state index in [-0.39, 0.29) is 5.91 Å². The van der Waals surface area contributed by atoms with E-state index in [4.69, 9.17) is 10.5 Å². The maximum absolute atomic E-state index is 11.5. The van der Waals surface area contributed by atoms with Crippen LogP contribution >= 0.6 is 0 Å². The monoisotopic (exact) mass is 267 g/mol. The first-order valence-corrected chi connectivity index (χ1v) is 6.11. The van der Waals surface area contributed by atoms with Gasteiger partial charge in [0, 0.05) is 26.3 Å². The Morgan fingerprint density at radius 3 is 2.89 bits per heavy atom. The van der Waals surface area contributed by atoms with Crippen molar-refractivity contribution in [1.29, 1.82) is 0 Å². The van der Waals surface area contributed by atoms with E-state index in [0.717, 1.165) is 0 Å². The summed E-state index contributed by atoms with van der Waals surface area (Å²) in [6.45, 7) is 0.849.